The number of nitrogens with zero attached hydrogens (tertiary/aromatic N) is 4. The van der Waals surface area contributed by atoms with Gasteiger partial charge in [0.25, 0.3) is 0 Å². The Kier molecular flexibility index (Phi) is 7.59. The van der Waals surface area contributed by atoms with Crippen LogP contribution in [0.3, 0.4) is 0 Å². The van der Waals surface area contributed by atoms with Crippen LogP contribution in [-0.4, -0.2) is 60.5 Å². The highest BCUT2D eigenvalue weighted by Crippen LogP contribution is 2.20. The van der Waals surface area contributed by atoms with Gasteiger partial charge in [0.15, 0.2) is 0 Å². The van der Waals surface area contributed by atoms with Crippen LogP contribution in [0.1, 0.15) is 32.5 Å². The molecule has 0 aliphatic heterocycles. The highest BCUT2D eigenvalue weighted by molar-refractivity contribution is 5.88. The molecule has 2 rings (SSSR count). The van der Waals surface area contributed by atoms with Crippen molar-refractivity contribution >= 4 is 16.7 Å². The van der Waals surface area contributed by atoms with E-state index in [0.29, 0.717) is 5.92 Å². The summed E-state index contributed by atoms with van der Waals surface area (Å²) in [5.74, 6) is 2.56. The lowest BCUT2D eigenvalue weighted by atomic mass is 10.1. The van der Waals surface area contributed by atoms with E-state index < -0.39 is 0 Å². The molecule has 25 heavy (non-hydrogen) atoms. The zero-order valence-electron chi connectivity index (χ0n) is 16.4. The van der Waals surface area contributed by atoms with Crippen LogP contribution in [0.5, 0.6) is 0 Å². The van der Waals surface area contributed by atoms with Gasteiger partial charge < -0.3 is 10.2 Å². The van der Waals surface area contributed by atoms with Crippen molar-refractivity contribution < 1.29 is 0 Å². The summed E-state index contributed by atoms with van der Waals surface area (Å²) in [6, 6.07) is 8.25. The number of nitrogens with one attached hydrogen (secondary N) is 1. The van der Waals surface area contributed by atoms with Gasteiger partial charge in [-0.3, -0.25) is 4.90 Å². The lowest BCUT2D eigenvalue weighted by molar-refractivity contribution is 0.297. The SMILES string of the molecule is CC(C)CCN(C)Cc1nc(NCCCN(C)C)c2ccccc2n1. The fourth-order valence-corrected chi connectivity index (χ4v) is 2.73. The molecule has 1 aromatic carbocycles. The molecule has 0 spiro atoms. The van der Waals surface area contributed by atoms with Crippen molar-refractivity contribution in [3.8, 4) is 0 Å². The minimum absolute atomic E-state index is 0.717. The van der Waals surface area contributed by atoms with Crippen LogP contribution in [0.4, 0.5) is 5.82 Å². The molecule has 1 aromatic heterocycles. The van der Waals surface area contributed by atoms with Crippen LogP contribution in [0.2, 0.25) is 0 Å². The average Bonchev–Trinajstić information content (AvgIpc) is 2.56. The quantitative estimate of drug-likeness (QED) is 0.669. The minimum Gasteiger partial charge on any atom is -0.369 e. The predicted molar refractivity (Wildman–Crippen MR) is 107 cm³/mol. The highest BCUT2D eigenvalue weighted by atomic mass is 15.1. The molecule has 0 atom stereocenters. The number of hydrogen-bond donors (Lipinski definition) is 1. The van der Waals surface area contributed by atoms with Gasteiger partial charge in [0, 0.05) is 11.9 Å². The molecule has 5 heteroatoms. The summed E-state index contributed by atoms with van der Waals surface area (Å²) in [4.78, 5) is 14.1. The molecule has 0 bridgehead atoms. The molecule has 0 saturated carbocycles. The third-order valence-electron chi connectivity index (χ3n) is 4.22. The zero-order chi connectivity index (χ0) is 18.2. The molecule has 2 aromatic rings. The van der Waals surface area contributed by atoms with E-state index in [4.69, 9.17) is 9.97 Å². The molecule has 0 amide bonds. The summed E-state index contributed by atoms with van der Waals surface area (Å²) in [6.45, 7) is 8.36. The Hall–Kier alpha value is -1.72. The maximum absolute atomic E-state index is 4.81. The minimum atomic E-state index is 0.717. The third kappa shape index (κ3) is 6.59. The second kappa shape index (κ2) is 9.68. The second-order valence-corrected chi connectivity index (χ2v) is 7.51. The van der Waals surface area contributed by atoms with Crippen LogP contribution in [0, 0.1) is 5.92 Å². The second-order valence-electron chi connectivity index (χ2n) is 7.51. The molecule has 0 unspecified atom stereocenters. The van der Waals surface area contributed by atoms with Crippen molar-refractivity contribution in [3.05, 3.63) is 30.1 Å². The van der Waals surface area contributed by atoms with Gasteiger partial charge in [-0.2, -0.15) is 0 Å². The number of fused-ring (bicyclic) bond motifs is 1. The molecule has 5 nitrogen and oxygen atoms in total. The summed E-state index contributed by atoms with van der Waals surface area (Å²) < 4.78 is 0. The van der Waals surface area contributed by atoms with Gasteiger partial charge in [0.2, 0.25) is 0 Å². The van der Waals surface area contributed by atoms with E-state index in [2.05, 4.69) is 62.2 Å². The predicted octanol–water partition coefficient (Wildman–Crippen LogP) is 3.47. The Labute approximate surface area is 152 Å². The van der Waals surface area contributed by atoms with Crippen molar-refractivity contribution in [2.24, 2.45) is 5.92 Å². The van der Waals surface area contributed by atoms with Crippen molar-refractivity contribution in [1.82, 2.24) is 19.8 Å². The molecular weight excluding hydrogens is 310 g/mol. The summed E-state index contributed by atoms with van der Waals surface area (Å²) in [5.41, 5.74) is 1.01. The van der Waals surface area contributed by atoms with Gasteiger partial charge in [-0.05, 0) is 65.1 Å². The van der Waals surface area contributed by atoms with Gasteiger partial charge in [-0.25, -0.2) is 9.97 Å². The first-order chi connectivity index (χ1) is 12.0. The third-order valence-corrected chi connectivity index (χ3v) is 4.22. The lowest BCUT2D eigenvalue weighted by Crippen LogP contribution is -2.22. The number of hydrogen-bond acceptors (Lipinski definition) is 5. The van der Waals surface area contributed by atoms with E-state index in [1.165, 1.54) is 6.42 Å². The standard InChI is InChI=1S/C20H33N5/c1-16(2)11-14-25(5)15-19-22-18-10-7-6-9-17(18)20(23-19)21-12-8-13-24(3)4/h6-7,9-10,16H,8,11-15H2,1-5H3,(H,21,22,23). The van der Waals surface area contributed by atoms with E-state index in [9.17, 15) is 0 Å². The fraction of sp³-hybridized carbons (Fsp3) is 0.600. The zero-order valence-corrected chi connectivity index (χ0v) is 16.4. The van der Waals surface area contributed by atoms with E-state index in [1.807, 2.05) is 12.1 Å². The van der Waals surface area contributed by atoms with Crippen LogP contribution in [-0.2, 0) is 6.54 Å². The number of benzene rings is 1. The molecule has 0 aliphatic carbocycles. The Bertz CT molecular complexity index is 654. The molecule has 0 saturated heterocycles. The fourth-order valence-electron chi connectivity index (χ4n) is 2.73. The number of rotatable bonds is 10. The van der Waals surface area contributed by atoms with Gasteiger partial charge in [0.05, 0.1) is 12.1 Å². The molecular formula is C20H33N5. The molecule has 0 aliphatic rings. The van der Waals surface area contributed by atoms with Crippen LogP contribution in [0.25, 0.3) is 10.9 Å². The highest BCUT2D eigenvalue weighted by Gasteiger charge is 2.10. The summed E-state index contributed by atoms with van der Waals surface area (Å²) >= 11 is 0. The number of anilines is 1. The summed E-state index contributed by atoms with van der Waals surface area (Å²) in [5, 5.41) is 4.61. The molecule has 1 N–H and O–H groups in total. The monoisotopic (exact) mass is 343 g/mol. The number of aromatic nitrogens is 2. The summed E-state index contributed by atoms with van der Waals surface area (Å²) in [6.07, 6.45) is 2.29. The van der Waals surface area contributed by atoms with E-state index >= 15 is 0 Å². The van der Waals surface area contributed by atoms with Crippen molar-refractivity contribution in [1.29, 1.82) is 0 Å². The Morgan fingerprint density at radius 3 is 2.52 bits per heavy atom. The first-order valence-electron chi connectivity index (χ1n) is 9.28. The largest absolute Gasteiger partial charge is 0.369 e. The van der Waals surface area contributed by atoms with E-state index in [0.717, 1.165) is 55.1 Å². The average molecular weight is 344 g/mol. The van der Waals surface area contributed by atoms with Gasteiger partial charge in [-0.15, -0.1) is 0 Å². The van der Waals surface area contributed by atoms with Gasteiger partial charge in [-0.1, -0.05) is 26.0 Å². The first-order valence-corrected chi connectivity index (χ1v) is 9.28. The van der Waals surface area contributed by atoms with E-state index in [-0.39, 0.29) is 0 Å². The lowest BCUT2D eigenvalue weighted by Gasteiger charge is -2.18. The van der Waals surface area contributed by atoms with Crippen molar-refractivity contribution in [3.63, 3.8) is 0 Å². The van der Waals surface area contributed by atoms with Crippen LogP contribution >= 0.6 is 0 Å². The van der Waals surface area contributed by atoms with Crippen molar-refractivity contribution in [2.75, 3.05) is 46.1 Å². The van der Waals surface area contributed by atoms with Crippen LogP contribution < -0.4 is 5.32 Å². The first kappa shape index (κ1) is 19.6. The van der Waals surface area contributed by atoms with Gasteiger partial charge >= 0.3 is 0 Å². The van der Waals surface area contributed by atoms with E-state index in [1.54, 1.807) is 0 Å². The topological polar surface area (TPSA) is 44.3 Å². The Morgan fingerprint density at radius 2 is 1.80 bits per heavy atom. The molecule has 0 radical (unpaired) electrons. The van der Waals surface area contributed by atoms with Crippen molar-refractivity contribution in [2.45, 2.75) is 33.2 Å². The van der Waals surface area contributed by atoms with Crippen LogP contribution in [0.15, 0.2) is 24.3 Å². The number of para-hydroxylation sites is 1. The van der Waals surface area contributed by atoms with Gasteiger partial charge in [0.1, 0.15) is 11.6 Å². The maximum Gasteiger partial charge on any atom is 0.145 e. The molecule has 138 valence electrons. The molecule has 0 fully saturated rings. The Balaban J connectivity index is 2.10. The molecule has 1 heterocycles. The smallest absolute Gasteiger partial charge is 0.145 e. The Morgan fingerprint density at radius 1 is 1.04 bits per heavy atom. The summed E-state index contributed by atoms with van der Waals surface area (Å²) in [7, 11) is 6.35. The maximum atomic E-state index is 4.81. The normalized spacial score (nSPS) is 11.8.